The zero-order chi connectivity index (χ0) is 29.0. The number of nitrogens with one attached hydrogen (secondary N) is 3. The van der Waals surface area contributed by atoms with Gasteiger partial charge in [-0.15, -0.1) is 11.3 Å². The smallest absolute Gasteiger partial charge is 0.0864 e. The van der Waals surface area contributed by atoms with Crippen LogP contribution in [-0.2, 0) is 0 Å². The van der Waals surface area contributed by atoms with Gasteiger partial charge in [0.15, 0.2) is 0 Å². The summed E-state index contributed by atoms with van der Waals surface area (Å²) in [7, 11) is 0. The quantitative estimate of drug-likeness (QED) is 0.192. The van der Waals surface area contributed by atoms with Crippen molar-refractivity contribution < 1.29 is 0 Å². The SMILES string of the molecule is c1ccc(C2NC(c3ccccc3)NC(c3ccc(-n4c5ccccc5c5cc6c(cc54)sc4ccccc46)cc3)N2)cc1. The van der Waals surface area contributed by atoms with Crippen LogP contribution in [0, 0.1) is 0 Å². The minimum Gasteiger partial charge on any atom is -0.309 e. The van der Waals surface area contributed by atoms with E-state index >= 15 is 0 Å². The Morgan fingerprint density at radius 3 is 1.61 bits per heavy atom. The highest BCUT2D eigenvalue weighted by Crippen LogP contribution is 2.40. The molecule has 0 aliphatic carbocycles. The first kappa shape index (κ1) is 25.7. The van der Waals surface area contributed by atoms with Crippen LogP contribution < -0.4 is 16.0 Å². The summed E-state index contributed by atoms with van der Waals surface area (Å²) in [6.45, 7) is 0. The van der Waals surface area contributed by atoms with Crippen LogP contribution in [0.3, 0.4) is 0 Å². The molecule has 3 heterocycles. The van der Waals surface area contributed by atoms with Crippen molar-refractivity contribution in [2.75, 3.05) is 0 Å². The van der Waals surface area contributed by atoms with Gasteiger partial charge in [0, 0.05) is 36.6 Å². The molecular formula is C39H30N4S. The van der Waals surface area contributed by atoms with Crippen molar-refractivity contribution in [2.45, 2.75) is 18.5 Å². The molecule has 0 saturated carbocycles. The van der Waals surface area contributed by atoms with Crippen LogP contribution in [0.1, 0.15) is 35.2 Å². The van der Waals surface area contributed by atoms with E-state index in [0.29, 0.717) is 0 Å². The molecule has 3 N–H and O–H groups in total. The summed E-state index contributed by atoms with van der Waals surface area (Å²) < 4.78 is 5.07. The first-order valence-corrected chi connectivity index (χ1v) is 15.9. The zero-order valence-corrected chi connectivity index (χ0v) is 24.8. The second-order valence-corrected chi connectivity index (χ2v) is 12.6. The van der Waals surface area contributed by atoms with Crippen LogP contribution in [0.25, 0.3) is 47.7 Å². The van der Waals surface area contributed by atoms with Crippen molar-refractivity contribution in [3.05, 3.63) is 162 Å². The number of hydrogen-bond acceptors (Lipinski definition) is 4. The van der Waals surface area contributed by atoms with Gasteiger partial charge in [-0.3, -0.25) is 16.0 Å². The van der Waals surface area contributed by atoms with Crippen molar-refractivity contribution in [2.24, 2.45) is 0 Å². The highest BCUT2D eigenvalue weighted by molar-refractivity contribution is 7.25. The van der Waals surface area contributed by atoms with Crippen LogP contribution in [0.4, 0.5) is 0 Å². The Morgan fingerprint density at radius 2 is 0.955 bits per heavy atom. The molecule has 9 rings (SSSR count). The van der Waals surface area contributed by atoms with Gasteiger partial charge in [0.05, 0.1) is 29.5 Å². The lowest BCUT2D eigenvalue weighted by molar-refractivity contribution is 0.203. The highest BCUT2D eigenvalue weighted by Gasteiger charge is 2.29. The number of aromatic nitrogens is 1. The van der Waals surface area contributed by atoms with E-state index < -0.39 is 0 Å². The van der Waals surface area contributed by atoms with E-state index in [-0.39, 0.29) is 18.5 Å². The largest absolute Gasteiger partial charge is 0.309 e. The summed E-state index contributed by atoms with van der Waals surface area (Å²) in [5, 5.41) is 16.6. The third-order valence-corrected chi connectivity index (χ3v) is 10.1. The highest BCUT2D eigenvalue weighted by atomic mass is 32.1. The number of rotatable bonds is 4. The van der Waals surface area contributed by atoms with Gasteiger partial charge in [-0.2, -0.15) is 0 Å². The van der Waals surface area contributed by atoms with Gasteiger partial charge in [0.1, 0.15) is 0 Å². The number of fused-ring (bicyclic) bond motifs is 6. The third kappa shape index (κ3) is 4.25. The van der Waals surface area contributed by atoms with Crippen LogP contribution in [0.2, 0.25) is 0 Å². The summed E-state index contributed by atoms with van der Waals surface area (Å²) in [6.07, 6.45) is -0.0150. The maximum Gasteiger partial charge on any atom is 0.0864 e. The minimum atomic E-state index is -0.0305. The molecule has 1 aliphatic heterocycles. The third-order valence-electron chi connectivity index (χ3n) is 8.92. The van der Waals surface area contributed by atoms with E-state index in [1.807, 2.05) is 11.3 Å². The topological polar surface area (TPSA) is 41.0 Å². The number of benzene rings is 6. The number of nitrogens with zero attached hydrogens (tertiary/aromatic N) is 1. The second kappa shape index (κ2) is 10.4. The standard InChI is InChI=1S/C39H30N4S/c1-3-11-25(12-4-1)37-40-38(26-13-5-2-6-14-26)42-39(41-37)27-19-21-28(22-20-27)43-33-17-9-7-15-29(33)31-23-32-30-16-8-10-18-35(30)44-36(32)24-34(31)43/h1-24,37-42H. The van der Waals surface area contributed by atoms with Gasteiger partial charge in [-0.25, -0.2) is 0 Å². The fourth-order valence-electron chi connectivity index (χ4n) is 6.79. The molecule has 5 heteroatoms. The van der Waals surface area contributed by atoms with Gasteiger partial charge in [-0.1, -0.05) is 109 Å². The zero-order valence-electron chi connectivity index (χ0n) is 23.9. The molecule has 8 aromatic rings. The lowest BCUT2D eigenvalue weighted by atomic mass is 10.0. The number of thiophene rings is 1. The van der Waals surface area contributed by atoms with Gasteiger partial charge in [0.2, 0.25) is 0 Å². The lowest BCUT2D eigenvalue weighted by Crippen LogP contribution is -2.54. The molecule has 6 aromatic carbocycles. The normalized spacial score (nSPS) is 18.9. The molecule has 2 aromatic heterocycles. The molecule has 44 heavy (non-hydrogen) atoms. The van der Waals surface area contributed by atoms with Gasteiger partial charge in [0.25, 0.3) is 0 Å². The van der Waals surface area contributed by atoms with Crippen LogP contribution in [-0.4, -0.2) is 4.57 Å². The van der Waals surface area contributed by atoms with Crippen molar-refractivity contribution in [3.63, 3.8) is 0 Å². The Balaban J connectivity index is 1.13. The maximum absolute atomic E-state index is 3.80. The Bertz CT molecular complexity index is 2220. The summed E-state index contributed by atoms with van der Waals surface area (Å²) >= 11 is 1.87. The van der Waals surface area contributed by atoms with Crippen molar-refractivity contribution in [1.29, 1.82) is 0 Å². The summed E-state index contributed by atoms with van der Waals surface area (Å²) in [5.41, 5.74) is 7.26. The fourth-order valence-corrected chi connectivity index (χ4v) is 7.92. The molecule has 212 valence electrons. The average molecular weight is 587 g/mol. The lowest BCUT2D eigenvalue weighted by Gasteiger charge is -2.39. The van der Waals surface area contributed by atoms with E-state index in [1.54, 1.807) is 0 Å². The van der Waals surface area contributed by atoms with Crippen molar-refractivity contribution in [3.8, 4) is 5.69 Å². The fraction of sp³-hybridized carbons (Fsp3) is 0.0769. The molecule has 0 amide bonds. The molecule has 4 nitrogen and oxygen atoms in total. The van der Waals surface area contributed by atoms with Gasteiger partial charge < -0.3 is 4.57 Å². The summed E-state index contributed by atoms with van der Waals surface area (Å²) in [4.78, 5) is 0. The molecule has 2 unspecified atom stereocenters. The van der Waals surface area contributed by atoms with E-state index in [9.17, 15) is 0 Å². The van der Waals surface area contributed by atoms with Crippen LogP contribution in [0.15, 0.2) is 146 Å². The predicted octanol–water partition coefficient (Wildman–Crippen LogP) is 9.33. The van der Waals surface area contributed by atoms with E-state index in [4.69, 9.17) is 0 Å². The van der Waals surface area contributed by atoms with Gasteiger partial charge >= 0.3 is 0 Å². The predicted molar refractivity (Wildman–Crippen MR) is 184 cm³/mol. The minimum absolute atomic E-state index is 0.00777. The number of hydrogen-bond donors (Lipinski definition) is 3. The maximum atomic E-state index is 3.80. The molecule has 1 aliphatic rings. The Hall–Kier alpha value is -4.78. The summed E-state index contributed by atoms with van der Waals surface area (Å²) in [6, 6.07) is 52.5. The Morgan fingerprint density at radius 1 is 0.409 bits per heavy atom. The van der Waals surface area contributed by atoms with Crippen molar-refractivity contribution >= 4 is 53.3 Å². The first-order valence-electron chi connectivity index (χ1n) is 15.1. The Labute approximate surface area is 259 Å². The average Bonchev–Trinajstić information content (AvgIpc) is 3.62. The van der Waals surface area contributed by atoms with E-state index in [1.165, 1.54) is 58.7 Å². The molecule has 2 atom stereocenters. The van der Waals surface area contributed by atoms with Gasteiger partial charge in [-0.05, 0) is 53.1 Å². The number of para-hydroxylation sites is 1. The second-order valence-electron chi connectivity index (χ2n) is 11.5. The van der Waals surface area contributed by atoms with E-state index in [2.05, 4.69) is 166 Å². The van der Waals surface area contributed by atoms with Crippen molar-refractivity contribution in [1.82, 2.24) is 20.5 Å². The molecule has 0 spiro atoms. The molecule has 0 radical (unpaired) electrons. The summed E-state index contributed by atoms with van der Waals surface area (Å²) in [5.74, 6) is 0. The van der Waals surface area contributed by atoms with Crippen LogP contribution in [0.5, 0.6) is 0 Å². The molecule has 1 fully saturated rings. The van der Waals surface area contributed by atoms with E-state index in [0.717, 1.165) is 5.69 Å². The molecule has 0 bridgehead atoms. The Kier molecular flexibility index (Phi) is 6.10. The monoisotopic (exact) mass is 586 g/mol. The van der Waals surface area contributed by atoms with Crippen LogP contribution >= 0.6 is 11.3 Å². The molecule has 1 saturated heterocycles. The first-order chi connectivity index (χ1) is 21.8. The molecular weight excluding hydrogens is 557 g/mol.